The van der Waals surface area contributed by atoms with Crippen molar-refractivity contribution in [1.29, 1.82) is 0 Å². The SMILES string of the molecule is CC#CCn1cc2c3c(cccc31)[C@H](CC(C)C)N[C@H](C(=O)NCc1ccc(F)cc1)C2. The number of rotatable bonds is 6. The van der Waals surface area contributed by atoms with Crippen LogP contribution in [0.5, 0.6) is 0 Å². The fourth-order valence-corrected chi connectivity index (χ4v) is 4.57. The Labute approximate surface area is 189 Å². The smallest absolute Gasteiger partial charge is 0.237 e. The highest BCUT2D eigenvalue weighted by molar-refractivity contribution is 5.90. The van der Waals surface area contributed by atoms with Gasteiger partial charge in [-0.15, -0.1) is 5.92 Å². The molecule has 0 saturated heterocycles. The standard InChI is InChI=1S/C27H30FN3O/c1-4-5-13-31-17-20-15-24(27(32)29-16-19-9-11-21(28)12-10-19)30-23(14-18(2)3)22-7-6-8-25(31)26(20)22/h6-12,17-18,23-24,30H,13-16H2,1-3H3,(H,29,32)/t23-,24-/m0/s1. The summed E-state index contributed by atoms with van der Waals surface area (Å²) in [6.45, 7) is 7.28. The van der Waals surface area contributed by atoms with Crippen molar-refractivity contribution in [2.75, 3.05) is 0 Å². The monoisotopic (exact) mass is 431 g/mol. The number of hydrogen-bond acceptors (Lipinski definition) is 2. The van der Waals surface area contributed by atoms with E-state index in [1.165, 1.54) is 34.2 Å². The molecule has 32 heavy (non-hydrogen) atoms. The lowest BCUT2D eigenvalue weighted by Crippen LogP contribution is -2.46. The van der Waals surface area contributed by atoms with Crippen LogP contribution in [0.4, 0.5) is 4.39 Å². The molecule has 2 N–H and O–H groups in total. The Morgan fingerprint density at radius 2 is 2.03 bits per heavy atom. The molecule has 4 rings (SSSR count). The summed E-state index contributed by atoms with van der Waals surface area (Å²) in [4.78, 5) is 13.2. The molecule has 0 spiro atoms. The fourth-order valence-electron chi connectivity index (χ4n) is 4.57. The predicted molar refractivity (Wildman–Crippen MR) is 126 cm³/mol. The van der Waals surface area contributed by atoms with E-state index in [1.54, 1.807) is 12.1 Å². The highest BCUT2D eigenvalue weighted by Crippen LogP contribution is 2.35. The highest BCUT2D eigenvalue weighted by atomic mass is 19.1. The van der Waals surface area contributed by atoms with Gasteiger partial charge in [0, 0.05) is 29.7 Å². The molecule has 1 aromatic heterocycles. The minimum Gasteiger partial charge on any atom is -0.351 e. The van der Waals surface area contributed by atoms with Crippen molar-refractivity contribution in [2.45, 2.75) is 58.8 Å². The van der Waals surface area contributed by atoms with Gasteiger partial charge >= 0.3 is 0 Å². The first kappa shape index (κ1) is 22.1. The number of nitrogens with one attached hydrogen (secondary N) is 2. The maximum Gasteiger partial charge on any atom is 0.237 e. The van der Waals surface area contributed by atoms with E-state index in [4.69, 9.17) is 0 Å². The maximum absolute atomic E-state index is 13.2. The lowest BCUT2D eigenvalue weighted by atomic mass is 9.94. The maximum atomic E-state index is 13.2. The molecule has 1 aliphatic rings. The molecule has 2 aromatic carbocycles. The van der Waals surface area contributed by atoms with E-state index in [2.05, 4.69) is 65.3 Å². The molecule has 3 aromatic rings. The molecule has 0 saturated carbocycles. The van der Waals surface area contributed by atoms with Gasteiger partial charge in [-0.3, -0.25) is 10.1 Å². The Hall–Kier alpha value is -3.10. The van der Waals surface area contributed by atoms with Gasteiger partial charge < -0.3 is 9.88 Å². The highest BCUT2D eigenvalue weighted by Gasteiger charge is 2.30. The summed E-state index contributed by atoms with van der Waals surface area (Å²) in [5, 5.41) is 7.92. The van der Waals surface area contributed by atoms with Crippen LogP contribution in [0.15, 0.2) is 48.7 Å². The van der Waals surface area contributed by atoms with Crippen molar-refractivity contribution < 1.29 is 9.18 Å². The molecule has 1 amide bonds. The van der Waals surface area contributed by atoms with Crippen molar-refractivity contribution in [3.05, 3.63) is 71.2 Å². The second kappa shape index (κ2) is 9.58. The van der Waals surface area contributed by atoms with Crippen molar-refractivity contribution >= 4 is 16.8 Å². The topological polar surface area (TPSA) is 46.1 Å². The van der Waals surface area contributed by atoms with Crippen LogP contribution in [0.2, 0.25) is 0 Å². The number of halogens is 1. The van der Waals surface area contributed by atoms with Gasteiger partial charge in [0.25, 0.3) is 0 Å². The first-order valence-corrected chi connectivity index (χ1v) is 11.2. The normalized spacial score (nSPS) is 17.7. The van der Waals surface area contributed by atoms with Gasteiger partial charge in [-0.1, -0.05) is 44.0 Å². The zero-order valence-corrected chi connectivity index (χ0v) is 18.9. The summed E-state index contributed by atoms with van der Waals surface area (Å²) in [7, 11) is 0. The van der Waals surface area contributed by atoms with Crippen LogP contribution in [-0.4, -0.2) is 16.5 Å². The number of aromatic nitrogens is 1. The average Bonchev–Trinajstić information content (AvgIpc) is 3.05. The minimum absolute atomic E-state index is 0.0369. The van der Waals surface area contributed by atoms with Crippen LogP contribution in [0, 0.1) is 23.6 Å². The van der Waals surface area contributed by atoms with Gasteiger partial charge in [0.05, 0.1) is 12.6 Å². The van der Waals surface area contributed by atoms with Gasteiger partial charge in [-0.25, -0.2) is 4.39 Å². The first-order valence-electron chi connectivity index (χ1n) is 11.2. The third-order valence-electron chi connectivity index (χ3n) is 6.05. The molecule has 0 aliphatic carbocycles. The van der Waals surface area contributed by atoms with E-state index in [1.807, 2.05) is 6.92 Å². The molecule has 0 fully saturated rings. The zero-order chi connectivity index (χ0) is 22.7. The number of carbonyl (C=O) groups excluding carboxylic acids is 1. The van der Waals surface area contributed by atoms with E-state index in [9.17, 15) is 9.18 Å². The van der Waals surface area contributed by atoms with Gasteiger partial charge in [0.15, 0.2) is 0 Å². The second-order valence-electron chi connectivity index (χ2n) is 8.90. The van der Waals surface area contributed by atoms with E-state index in [0.717, 1.165) is 12.0 Å². The zero-order valence-electron chi connectivity index (χ0n) is 18.9. The van der Waals surface area contributed by atoms with E-state index < -0.39 is 0 Å². The van der Waals surface area contributed by atoms with Crippen molar-refractivity contribution in [3.8, 4) is 11.8 Å². The van der Waals surface area contributed by atoms with Gasteiger partial charge in [-0.05, 0) is 60.6 Å². The van der Waals surface area contributed by atoms with Crippen LogP contribution < -0.4 is 10.6 Å². The quantitative estimate of drug-likeness (QED) is 0.555. The number of carbonyl (C=O) groups is 1. The lowest BCUT2D eigenvalue weighted by molar-refractivity contribution is -0.123. The summed E-state index contributed by atoms with van der Waals surface area (Å²) in [5.74, 6) is 6.31. The summed E-state index contributed by atoms with van der Waals surface area (Å²) in [5.41, 5.74) is 4.47. The average molecular weight is 432 g/mol. The molecule has 4 nitrogen and oxygen atoms in total. The Morgan fingerprint density at radius 3 is 2.75 bits per heavy atom. The molecule has 1 aliphatic heterocycles. The lowest BCUT2D eigenvalue weighted by Gasteiger charge is -2.25. The van der Waals surface area contributed by atoms with Gasteiger partial charge in [-0.2, -0.15) is 0 Å². The van der Waals surface area contributed by atoms with Gasteiger partial charge in [0.2, 0.25) is 5.91 Å². The molecular weight excluding hydrogens is 401 g/mol. The van der Waals surface area contributed by atoms with Crippen molar-refractivity contribution in [3.63, 3.8) is 0 Å². The van der Waals surface area contributed by atoms with Crippen LogP contribution in [0.25, 0.3) is 10.9 Å². The van der Waals surface area contributed by atoms with Crippen LogP contribution >= 0.6 is 0 Å². The third-order valence-corrected chi connectivity index (χ3v) is 6.05. The Morgan fingerprint density at radius 1 is 1.25 bits per heavy atom. The van der Waals surface area contributed by atoms with E-state index >= 15 is 0 Å². The van der Waals surface area contributed by atoms with Gasteiger partial charge in [0.1, 0.15) is 5.82 Å². The van der Waals surface area contributed by atoms with Crippen LogP contribution in [0.1, 0.15) is 49.9 Å². The van der Waals surface area contributed by atoms with E-state index in [0.29, 0.717) is 25.4 Å². The summed E-state index contributed by atoms with van der Waals surface area (Å²) >= 11 is 0. The largest absolute Gasteiger partial charge is 0.351 e. The first-order chi connectivity index (χ1) is 15.5. The number of amides is 1. The number of nitrogens with zero attached hydrogens (tertiary/aromatic N) is 1. The second-order valence-corrected chi connectivity index (χ2v) is 8.90. The molecule has 2 atom stereocenters. The molecule has 5 heteroatoms. The Bertz CT molecular complexity index is 1170. The van der Waals surface area contributed by atoms with Crippen molar-refractivity contribution in [1.82, 2.24) is 15.2 Å². The van der Waals surface area contributed by atoms with Crippen molar-refractivity contribution in [2.24, 2.45) is 5.92 Å². The summed E-state index contributed by atoms with van der Waals surface area (Å²) in [6.07, 6.45) is 3.71. The summed E-state index contributed by atoms with van der Waals surface area (Å²) < 4.78 is 15.4. The van der Waals surface area contributed by atoms with E-state index in [-0.39, 0.29) is 23.8 Å². The number of hydrogen-bond donors (Lipinski definition) is 2. The third kappa shape index (κ3) is 4.71. The summed E-state index contributed by atoms with van der Waals surface area (Å²) in [6, 6.07) is 12.4. The molecule has 166 valence electrons. The van der Waals surface area contributed by atoms with Crippen LogP contribution in [0.3, 0.4) is 0 Å². The molecule has 0 bridgehead atoms. The fraction of sp³-hybridized carbons (Fsp3) is 0.370. The molecule has 0 unspecified atom stereocenters. The molecule has 2 heterocycles. The predicted octanol–water partition coefficient (Wildman–Crippen LogP) is 4.72. The molecule has 0 radical (unpaired) electrons. The molecular formula is C27H30FN3O. The minimum atomic E-state index is -0.345. The Balaban J connectivity index is 1.64. The number of benzene rings is 2. The van der Waals surface area contributed by atoms with Crippen LogP contribution in [-0.2, 0) is 24.3 Å². The Kier molecular flexibility index (Phi) is 6.62.